The summed E-state index contributed by atoms with van der Waals surface area (Å²) < 4.78 is 0. The molecule has 0 atom stereocenters. The van der Waals surface area contributed by atoms with Crippen molar-refractivity contribution < 1.29 is 19.4 Å². The van der Waals surface area contributed by atoms with Crippen LogP contribution >= 0.6 is 0 Å². The van der Waals surface area contributed by atoms with Crippen molar-refractivity contribution in [2.24, 2.45) is 20.6 Å². The van der Waals surface area contributed by atoms with E-state index in [1.165, 1.54) is 0 Å². The lowest BCUT2D eigenvalue weighted by molar-refractivity contribution is 0.141. The lowest BCUT2D eigenvalue weighted by Crippen LogP contribution is -2.11. The molecule has 0 radical (unpaired) electrons. The van der Waals surface area contributed by atoms with Gasteiger partial charge in [-0.25, -0.2) is 0 Å². The Morgan fingerprint density at radius 3 is 0.900 bits per heavy atom. The van der Waals surface area contributed by atoms with Gasteiger partial charge in [0.05, 0.1) is 22.8 Å². The number of hydrogen-bond acceptors (Lipinski definition) is 8. The van der Waals surface area contributed by atoms with Gasteiger partial charge in [-0.15, -0.1) is 0 Å². The third kappa shape index (κ3) is 7.34. The molecule has 0 aromatic heterocycles. The standard InChI is InChI=1S/C12H20N4O4/c1-9-5-17-14-11(3)7-19-16-12(4)8-20-15-10(2)6-18-13-9/h5-8H2,1-4H3/b13-9-,14-11+,15-10+,16-12+. The van der Waals surface area contributed by atoms with Crippen LogP contribution in [0.15, 0.2) is 20.6 Å². The van der Waals surface area contributed by atoms with Crippen LogP contribution < -0.4 is 0 Å². The molecule has 0 amide bonds. The van der Waals surface area contributed by atoms with E-state index in [2.05, 4.69) is 20.6 Å². The molecule has 0 spiro atoms. The molecular weight excluding hydrogens is 264 g/mol. The Morgan fingerprint density at radius 2 is 0.700 bits per heavy atom. The van der Waals surface area contributed by atoms with E-state index < -0.39 is 0 Å². The third-order valence-electron chi connectivity index (χ3n) is 1.98. The summed E-state index contributed by atoms with van der Waals surface area (Å²) in [6.07, 6.45) is 0. The lowest BCUT2D eigenvalue weighted by atomic mass is 10.4. The molecule has 1 heterocycles. The molecule has 0 bridgehead atoms. The molecule has 0 saturated heterocycles. The topological polar surface area (TPSA) is 86.4 Å². The van der Waals surface area contributed by atoms with Gasteiger partial charge < -0.3 is 19.4 Å². The fourth-order valence-corrected chi connectivity index (χ4v) is 1.05. The van der Waals surface area contributed by atoms with Crippen LogP contribution in [-0.2, 0) is 19.4 Å². The molecule has 0 saturated carbocycles. The first kappa shape index (κ1) is 15.9. The first-order valence-electron chi connectivity index (χ1n) is 6.19. The van der Waals surface area contributed by atoms with E-state index in [9.17, 15) is 0 Å². The molecule has 1 rings (SSSR count). The van der Waals surface area contributed by atoms with Crippen molar-refractivity contribution in [2.45, 2.75) is 27.7 Å². The van der Waals surface area contributed by atoms with Gasteiger partial charge in [-0.3, -0.25) is 0 Å². The summed E-state index contributed by atoms with van der Waals surface area (Å²) >= 11 is 0. The van der Waals surface area contributed by atoms with E-state index >= 15 is 0 Å². The van der Waals surface area contributed by atoms with Gasteiger partial charge in [0.15, 0.2) is 26.4 Å². The predicted octanol–water partition coefficient (Wildman–Crippen LogP) is 1.57. The maximum Gasteiger partial charge on any atom is 0.158 e. The molecule has 0 aliphatic carbocycles. The van der Waals surface area contributed by atoms with Gasteiger partial charge in [-0.1, -0.05) is 20.6 Å². The molecule has 0 fully saturated rings. The highest BCUT2D eigenvalue weighted by molar-refractivity contribution is 5.85. The SMILES string of the molecule is C/C1=N/OC/C(C)=N/OC/C(C)=N/OC/C(C)=N/OC1. The first-order valence-corrected chi connectivity index (χ1v) is 6.19. The molecule has 1 aliphatic heterocycles. The Balaban J connectivity index is 2.65. The largest absolute Gasteiger partial charge is 0.389 e. The summed E-state index contributed by atoms with van der Waals surface area (Å²) in [4.78, 5) is 20.4. The van der Waals surface area contributed by atoms with Crippen LogP contribution in [0.5, 0.6) is 0 Å². The fourth-order valence-electron chi connectivity index (χ4n) is 1.05. The van der Waals surface area contributed by atoms with Gasteiger partial charge in [-0.05, 0) is 27.7 Å². The van der Waals surface area contributed by atoms with Crippen molar-refractivity contribution in [3.63, 3.8) is 0 Å². The van der Waals surface area contributed by atoms with Crippen LogP contribution in [0.4, 0.5) is 0 Å². The average Bonchev–Trinajstić information content (AvgIpc) is 2.37. The van der Waals surface area contributed by atoms with Crippen LogP contribution in [-0.4, -0.2) is 49.3 Å². The number of nitrogens with zero attached hydrogens (tertiary/aromatic N) is 4. The minimum atomic E-state index is 0.242. The molecule has 1 aliphatic rings. The van der Waals surface area contributed by atoms with Crippen molar-refractivity contribution in [1.29, 1.82) is 0 Å². The molecular formula is C12H20N4O4. The van der Waals surface area contributed by atoms with Crippen LogP contribution in [0.3, 0.4) is 0 Å². The van der Waals surface area contributed by atoms with Crippen molar-refractivity contribution in [3.8, 4) is 0 Å². The Labute approximate surface area is 118 Å². The minimum Gasteiger partial charge on any atom is -0.389 e. The van der Waals surface area contributed by atoms with Crippen LogP contribution in [0, 0.1) is 0 Å². The number of hydrogen-bond donors (Lipinski definition) is 0. The Hall–Kier alpha value is -2.12. The molecule has 20 heavy (non-hydrogen) atoms. The van der Waals surface area contributed by atoms with E-state index in [1.807, 2.05) is 0 Å². The predicted molar refractivity (Wildman–Crippen MR) is 76.2 cm³/mol. The molecule has 0 aromatic rings. The summed E-state index contributed by atoms with van der Waals surface area (Å²) in [5, 5.41) is 15.5. The summed E-state index contributed by atoms with van der Waals surface area (Å²) in [6.45, 7) is 8.09. The Morgan fingerprint density at radius 1 is 0.500 bits per heavy atom. The summed E-state index contributed by atoms with van der Waals surface area (Å²) in [5.74, 6) is 0. The van der Waals surface area contributed by atoms with E-state index in [0.29, 0.717) is 22.8 Å². The third-order valence-corrected chi connectivity index (χ3v) is 1.98. The fraction of sp³-hybridized carbons (Fsp3) is 0.667. The Kier molecular flexibility index (Phi) is 7.08. The molecule has 0 N–H and O–H groups in total. The highest BCUT2D eigenvalue weighted by Crippen LogP contribution is 1.92. The molecule has 0 unspecified atom stereocenters. The first-order chi connectivity index (χ1) is 9.58. The van der Waals surface area contributed by atoms with E-state index in [4.69, 9.17) is 19.4 Å². The zero-order valence-corrected chi connectivity index (χ0v) is 12.3. The second-order valence-corrected chi connectivity index (χ2v) is 4.40. The van der Waals surface area contributed by atoms with Crippen molar-refractivity contribution >= 4 is 22.8 Å². The number of oxime groups is 4. The molecule has 8 nitrogen and oxygen atoms in total. The lowest BCUT2D eigenvalue weighted by Gasteiger charge is -2.05. The van der Waals surface area contributed by atoms with Gasteiger partial charge in [0.1, 0.15) is 0 Å². The monoisotopic (exact) mass is 284 g/mol. The molecule has 8 heteroatoms. The normalized spacial score (nSPS) is 29.4. The quantitative estimate of drug-likeness (QED) is 0.675. The number of rotatable bonds is 0. The second-order valence-electron chi connectivity index (χ2n) is 4.40. The van der Waals surface area contributed by atoms with Gasteiger partial charge in [0.25, 0.3) is 0 Å². The van der Waals surface area contributed by atoms with Gasteiger partial charge in [0.2, 0.25) is 0 Å². The average molecular weight is 284 g/mol. The zero-order chi connectivity index (χ0) is 14.8. The molecule has 0 aromatic carbocycles. The van der Waals surface area contributed by atoms with Gasteiger partial charge >= 0.3 is 0 Å². The summed E-state index contributed by atoms with van der Waals surface area (Å²) in [6, 6.07) is 0. The molecule has 112 valence electrons. The maximum absolute atomic E-state index is 5.11. The zero-order valence-electron chi connectivity index (χ0n) is 12.3. The van der Waals surface area contributed by atoms with Gasteiger partial charge in [-0.2, -0.15) is 0 Å². The minimum absolute atomic E-state index is 0.242. The Bertz CT molecular complexity index is 349. The summed E-state index contributed by atoms with van der Waals surface area (Å²) in [5.41, 5.74) is 2.66. The van der Waals surface area contributed by atoms with Crippen molar-refractivity contribution in [3.05, 3.63) is 0 Å². The van der Waals surface area contributed by atoms with Crippen LogP contribution in [0.25, 0.3) is 0 Å². The maximum atomic E-state index is 5.11. The second kappa shape index (κ2) is 8.89. The van der Waals surface area contributed by atoms with E-state index in [1.54, 1.807) is 27.7 Å². The van der Waals surface area contributed by atoms with Crippen molar-refractivity contribution in [1.82, 2.24) is 0 Å². The van der Waals surface area contributed by atoms with E-state index in [0.717, 1.165) is 0 Å². The van der Waals surface area contributed by atoms with Gasteiger partial charge in [0, 0.05) is 0 Å². The van der Waals surface area contributed by atoms with Crippen molar-refractivity contribution in [2.75, 3.05) is 26.4 Å². The van der Waals surface area contributed by atoms with Crippen LogP contribution in [0.1, 0.15) is 27.7 Å². The highest BCUT2D eigenvalue weighted by atomic mass is 16.7. The van der Waals surface area contributed by atoms with E-state index in [-0.39, 0.29) is 26.4 Å². The smallest absolute Gasteiger partial charge is 0.158 e. The summed E-state index contributed by atoms with van der Waals surface area (Å²) in [7, 11) is 0. The highest BCUT2D eigenvalue weighted by Gasteiger charge is 1.99. The van der Waals surface area contributed by atoms with Crippen LogP contribution in [0.2, 0.25) is 0 Å².